The van der Waals surface area contributed by atoms with Crippen molar-refractivity contribution >= 4 is 16.9 Å². The third-order valence-electron chi connectivity index (χ3n) is 7.70. The second-order valence-electron chi connectivity index (χ2n) is 10.4. The lowest BCUT2D eigenvalue weighted by Gasteiger charge is -2.31. The SMILES string of the molecule is CCOc1cc(C2c3c(oc4ccc(C)cc4c3=O)C(=O)N2CCN2CCOCC2)ccc1OCc1ccccc1. The predicted octanol–water partition coefficient (Wildman–Crippen LogP) is 4.96. The Kier molecular flexibility index (Phi) is 7.76. The predicted molar refractivity (Wildman–Crippen MR) is 156 cm³/mol. The van der Waals surface area contributed by atoms with E-state index >= 15 is 0 Å². The molecule has 1 fully saturated rings. The first-order valence-corrected chi connectivity index (χ1v) is 14.2. The van der Waals surface area contributed by atoms with Gasteiger partial charge in [0.1, 0.15) is 12.2 Å². The number of ether oxygens (including phenoxy) is 3. The maximum atomic E-state index is 14.0. The number of amides is 1. The molecule has 1 atom stereocenters. The van der Waals surface area contributed by atoms with E-state index in [-0.39, 0.29) is 17.1 Å². The molecular formula is C33H34N2O6. The molecule has 3 aromatic carbocycles. The number of benzene rings is 3. The summed E-state index contributed by atoms with van der Waals surface area (Å²) in [5.41, 5.74) is 3.38. The summed E-state index contributed by atoms with van der Waals surface area (Å²) in [6, 6.07) is 20.5. The Bertz CT molecular complexity index is 1610. The Morgan fingerprint density at radius 2 is 1.71 bits per heavy atom. The largest absolute Gasteiger partial charge is 0.490 e. The fraction of sp³-hybridized carbons (Fsp3) is 0.333. The first-order valence-electron chi connectivity index (χ1n) is 14.2. The minimum absolute atomic E-state index is 0.112. The quantitative estimate of drug-likeness (QED) is 0.289. The van der Waals surface area contributed by atoms with Gasteiger partial charge in [0.15, 0.2) is 16.9 Å². The molecule has 8 nitrogen and oxygen atoms in total. The van der Waals surface area contributed by atoms with Crippen LogP contribution in [0.15, 0.2) is 75.9 Å². The number of nitrogens with zero attached hydrogens (tertiary/aromatic N) is 2. The van der Waals surface area contributed by atoms with Crippen LogP contribution in [-0.4, -0.2) is 61.7 Å². The van der Waals surface area contributed by atoms with Crippen LogP contribution in [-0.2, 0) is 11.3 Å². The van der Waals surface area contributed by atoms with Gasteiger partial charge in [-0.05, 0) is 49.2 Å². The zero-order valence-electron chi connectivity index (χ0n) is 23.4. The molecule has 1 amide bonds. The number of morpholine rings is 1. The average Bonchev–Trinajstić information content (AvgIpc) is 3.28. The van der Waals surface area contributed by atoms with Gasteiger partial charge in [-0.3, -0.25) is 14.5 Å². The topological polar surface area (TPSA) is 81.5 Å². The highest BCUT2D eigenvalue weighted by Crippen LogP contribution is 2.41. The number of hydrogen-bond donors (Lipinski definition) is 0. The van der Waals surface area contributed by atoms with Gasteiger partial charge in [-0.1, -0.05) is 48.0 Å². The average molecular weight is 555 g/mol. The number of carbonyl (C=O) groups excluding carboxylic acids is 1. The summed E-state index contributed by atoms with van der Waals surface area (Å²) >= 11 is 0. The van der Waals surface area contributed by atoms with Crippen LogP contribution >= 0.6 is 0 Å². The van der Waals surface area contributed by atoms with E-state index in [0.717, 1.165) is 29.8 Å². The van der Waals surface area contributed by atoms with Crippen molar-refractivity contribution in [3.63, 3.8) is 0 Å². The molecule has 1 unspecified atom stereocenters. The van der Waals surface area contributed by atoms with Crippen LogP contribution in [0.3, 0.4) is 0 Å². The van der Waals surface area contributed by atoms with Gasteiger partial charge in [-0.2, -0.15) is 0 Å². The van der Waals surface area contributed by atoms with Crippen LogP contribution in [0.25, 0.3) is 11.0 Å². The molecule has 0 N–H and O–H groups in total. The fourth-order valence-electron chi connectivity index (χ4n) is 5.60. The number of aryl methyl sites for hydroxylation is 1. The molecule has 3 heterocycles. The van der Waals surface area contributed by atoms with E-state index < -0.39 is 6.04 Å². The van der Waals surface area contributed by atoms with E-state index in [0.29, 0.717) is 67.5 Å². The molecule has 0 saturated carbocycles. The van der Waals surface area contributed by atoms with Gasteiger partial charge in [0, 0.05) is 26.2 Å². The van der Waals surface area contributed by atoms with Crippen LogP contribution in [0.5, 0.6) is 11.5 Å². The molecule has 0 aliphatic carbocycles. The molecule has 1 aromatic heterocycles. The summed E-state index contributed by atoms with van der Waals surface area (Å²) in [5, 5.41) is 0.476. The van der Waals surface area contributed by atoms with Crippen molar-refractivity contribution in [1.29, 1.82) is 0 Å². The number of rotatable bonds is 9. The van der Waals surface area contributed by atoms with Crippen molar-refractivity contribution in [2.45, 2.75) is 26.5 Å². The van der Waals surface area contributed by atoms with E-state index in [1.165, 1.54) is 0 Å². The summed E-state index contributed by atoms with van der Waals surface area (Å²) < 4.78 is 23.8. The number of fused-ring (bicyclic) bond motifs is 2. The Labute approximate surface area is 239 Å². The molecule has 41 heavy (non-hydrogen) atoms. The minimum atomic E-state index is -0.609. The van der Waals surface area contributed by atoms with Gasteiger partial charge in [0.05, 0.1) is 36.8 Å². The summed E-state index contributed by atoms with van der Waals surface area (Å²) in [6.07, 6.45) is 0. The molecule has 0 radical (unpaired) electrons. The molecule has 4 aromatic rings. The minimum Gasteiger partial charge on any atom is -0.490 e. The van der Waals surface area contributed by atoms with Crippen LogP contribution < -0.4 is 14.9 Å². The Morgan fingerprint density at radius 3 is 2.49 bits per heavy atom. The van der Waals surface area contributed by atoms with Crippen LogP contribution in [0.4, 0.5) is 0 Å². The lowest BCUT2D eigenvalue weighted by atomic mass is 9.97. The highest BCUT2D eigenvalue weighted by molar-refractivity contribution is 5.99. The second-order valence-corrected chi connectivity index (χ2v) is 10.4. The second kappa shape index (κ2) is 11.8. The van der Waals surface area contributed by atoms with Gasteiger partial charge >= 0.3 is 0 Å². The van der Waals surface area contributed by atoms with Crippen molar-refractivity contribution in [1.82, 2.24) is 9.80 Å². The lowest BCUT2D eigenvalue weighted by molar-refractivity contribution is 0.0314. The number of carbonyl (C=O) groups is 1. The van der Waals surface area contributed by atoms with Gasteiger partial charge < -0.3 is 23.5 Å². The Morgan fingerprint density at radius 1 is 0.902 bits per heavy atom. The third-order valence-corrected chi connectivity index (χ3v) is 7.70. The standard InChI is InChI=1S/C33H34N2O6/c1-3-39-28-20-24(10-12-27(28)40-21-23-7-5-4-6-8-23)30-29-31(36)25-19-22(2)9-11-26(25)41-32(29)33(37)35(30)14-13-34-15-17-38-18-16-34/h4-12,19-20,30H,3,13-18,21H2,1-2H3. The molecule has 0 bridgehead atoms. The van der Waals surface area contributed by atoms with Crippen LogP contribution in [0.2, 0.25) is 0 Å². The molecule has 6 rings (SSSR count). The van der Waals surface area contributed by atoms with Crippen molar-refractivity contribution in [3.8, 4) is 11.5 Å². The fourth-order valence-corrected chi connectivity index (χ4v) is 5.60. The van der Waals surface area contributed by atoms with E-state index in [4.69, 9.17) is 18.6 Å². The van der Waals surface area contributed by atoms with Gasteiger partial charge in [0.25, 0.3) is 5.91 Å². The summed E-state index contributed by atoms with van der Waals surface area (Å²) in [7, 11) is 0. The molecular weight excluding hydrogens is 520 g/mol. The molecule has 8 heteroatoms. The molecule has 212 valence electrons. The van der Waals surface area contributed by atoms with Gasteiger partial charge in [-0.15, -0.1) is 0 Å². The monoisotopic (exact) mass is 554 g/mol. The highest BCUT2D eigenvalue weighted by Gasteiger charge is 2.43. The smallest absolute Gasteiger partial charge is 0.290 e. The van der Waals surface area contributed by atoms with Crippen LogP contribution in [0, 0.1) is 6.92 Å². The Balaban J connectivity index is 1.40. The molecule has 1 saturated heterocycles. The lowest BCUT2D eigenvalue weighted by Crippen LogP contribution is -2.42. The maximum absolute atomic E-state index is 14.0. The molecule has 2 aliphatic heterocycles. The molecule has 2 aliphatic rings. The number of hydrogen-bond acceptors (Lipinski definition) is 7. The van der Waals surface area contributed by atoms with Crippen molar-refractivity contribution in [2.75, 3.05) is 46.0 Å². The van der Waals surface area contributed by atoms with Crippen molar-refractivity contribution in [3.05, 3.63) is 105 Å². The Hall–Kier alpha value is -4.14. The zero-order valence-corrected chi connectivity index (χ0v) is 23.4. The zero-order chi connectivity index (χ0) is 28.3. The van der Waals surface area contributed by atoms with E-state index in [1.54, 1.807) is 11.0 Å². The van der Waals surface area contributed by atoms with Crippen molar-refractivity contribution < 1.29 is 23.4 Å². The van der Waals surface area contributed by atoms with Gasteiger partial charge in [0.2, 0.25) is 5.76 Å². The van der Waals surface area contributed by atoms with E-state index in [2.05, 4.69) is 4.90 Å². The van der Waals surface area contributed by atoms with Crippen LogP contribution in [0.1, 0.15) is 45.8 Å². The summed E-state index contributed by atoms with van der Waals surface area (Å²) in [5.74, 6) is 1.00. The molecule has 0 spiro atoms. The third kappa shape index (κ3) is 5.45. The van der Waals surface area contributed by atoms with E-state index in [9.17, 15) is 9.59 Å². The summed E-state index contributed by atoms with van der Waals surface area (Å²) in [4.78, 5) is 31.8. The van der Waals surface area contributed by atoms with E-state index in [1.807, 2.05) is 74.5 Å². The highest BCUT2D eigenvalue weighted by atomic mass is 16.5. The first kappa shape index (κ1) is 27.1. The van der Waals surface area contributed by atoms with Gasteiger partial charge in [-0.25, -0.2) is 0 Å². The normalized spacial score (nSPS) is 17.2. The summed E-state index contributed by atoms with van der Waals surface area (Å²) in [6.45, 7) is 8.76. The maximum Gasteiger partial charge on any atom is 0.290 e. The van der Waals surface area contributed by atoms with Crippen molar-refractivity contribution in [2.24, 2.45) is 0 Å². The first-order chi connectivity index (χ1) is 20.0.